The molecule has 1 atom stereocenters. The lowest BCUT2D eigenvalue weighted by molar-refractivity contribution is 0.635. The average molecular weight is 154 g/mol. The third-order valence-electron chi connectivity index (χ3n) is 1.24. The first-order valence-corrected chi connectivity index (χ1v) is 4.64. The maximum absolute atomic E-state index is 5.29. The molecule has 1 unspecified atom stereocenters. The van der Waals surface area contributed by atoms with Gasteiger partial charge >= 0.3 is 0 Å². The first-order valence-electron chi connectivity index (χ1n) is 3.23. The van der Waals surface area contributed by atoms with Gasteiger partial charge in [-0.25, -0.2) is 0 Å². The van der Waals surface area contributed by atoms with Gasteiger partial charge in [-0.3, -0.25) is 0 Å². The second-order valence-electron chi connectivity index (χ2n) is 2.12. The third kappa shape index (κ3) is 2.00. The van der Waals surface area contributed by atoms with E-state index in [9.17, 15) is 0 Å². The number of hydrogen-bond donors (Lipinski definition) is 0. The molecule has 10 heavy (non-hydrogen) atoms. The lowest BCUT2D eigenvalue weighted by Gasteiger charge is -2.00. The first-order chi connectivity index (χ1) is 4.83. The molecule has 1 nitrogen and oxygen atoms in total. The summed E-state index contributed by atoms with van der Waals surface area (Å²) in [4.78, 5) is 0. The van der Waals surface area contributed by atoms with Gasteiger partial charge in [0.25, 0.3) is 0 Å². The van der Waals surface area contributed by atoms with Gasteiger partial charge in [0, 0.05) is 0 Å². The van der Waals surface area contributed by atoms with Crippen LogP contribution in [-0.4, -0.2) is 6.66 Å². The third-order valence-corrected chi connectivity index (χ3v) is 1.68. The Balaban J connectivity index is 2.69. The zero-order valence-corrected chi connectivity index (χ0v) is 7.22. The second kappa shape index (κ2) is 3.58. The van der Waals surface area contributed by atoms with Crippen molar-refractivity contribution in [2.24, 2.45) is 0 Å². The fourth-order valence-corrected chi connectivity index (χ4v) is 1.10. The van der Waals surface area contributed by atoms with Crippen LogP contribution in [0.15, 0.2) is 24.3 Å². The molecule has 0 saturated carbocycles. The fourth-order valence-electron chi connectivity index (χ4n) is 0.724. The molecule has 0 aliphatic heterocycles. The highest BCUT2D eigenvalue weighted by atomic mass is 31.1. The van der Waals surface area contributed by atoms with E-state index in [0.29, 0.717) is 8.81 Å². The Kier molecular flexibility index (Phi) is 2.70. The van der Waals surface area contributed by atoms with Crippen LogP contribution in [0.1, 0.15) is 5.56 Å². The van der Waals surface area contributed by atoms with E-state index in [-0.39, 0.29) is 0 Å². The predicted octanol–water partition coefficient (Wildman–Crippen LogP) is 2.60. The molecule has 0 fully saturated rings. The molecule has 1 rings (SSSR count). The lowest BCUT2D eigenvalue weighted by Crippen LogP contribution is -1.76. The Hall–Kier alpha value is -0.550. The summed E-state index contributed by atoms with van der Waals surface area (Å²) in [7, 11) is 0.532. The minimum absolute atomic E-state index is 0.532. The molecular formula is C8H11OP. The van der Waals surface area contributed by atoms with E-state index in [4.69, 9.17) is 4.52 Å². The van der Waals surface area contributed by atoms with Gasteiger partial charge < -0.3 is 4.52 Å². The molecule has 1 aromatic carbocycles. The van der Waals surface area contributed by atoms with Crippen molar-refractivity contribution >= 4 is 8.81 Å². The molecule has 2 heteroatoms. The molecule has 0 aliphatic carbocycles. The second-order valence-corrected chi connectivity index (χ2v) is 2.73. The van der Waals surface area contributed by atoms with Crippen molar-refractivity contribution in [1.82, 2.24) is 0 Å². The van der Waals surface area contributed by atoms with E-state index in [1.165, 1.54) is 5.56 Å². The van der Waals surface area contributed by atoms with Gasteiger partial charge in [-0.2, -0.15) is 0 Å². The molecule has 0 aliphatic rings. The molecule has 54 valence electrons. The molecular weight excluding hydrogens is 143 g/mol. The smallest absolute Gasteiger partial charge is 0.122 e. The molecule has 1 aromatic rings. The summed E-state index contributed by atoms with van der Waals surface area (Å²) in [5, 5.41) is 0. The highest BCUT2D eigenvalue weighted by Crippen LogP contribution is 2.17. The van der Waals surface area contributed by atoms with Gasteiger partial charge in [0.2, 0.25) is 0 Å². The quantitative estimate of drug-likeness (QED) is 0.595. The van der Waals surface area contributed by atoms with Crippen LogP contribution in [-0.2, 0) is 0 Å². The standard InChI is InChI=1S/C8H11OP/c1-7-3-5-8(6-4-7)9-10-2/h3-6,10H,1-2H3. The van der Waals surface area contributed by atoms with Crippen LogP contribution < -0.4 is 4.52 Å². The van der Waals surface area contributed by atoms with Crippen molar-refractivity contribution in [2.75, 3.05) is 6.66 Å². The Morgan fingerprint density at radius 2 is 1.80 bits per heavy atom. The van der Waals surface area contributed by atoms with Crippen molar-refractivity contribution in [3.05, 3.63) is 29.8 Å². The SMILES string of the molecule is CPOc1ccc(C)cc1. The van der Waals surface area contributed by atoms with Crippen LogP contribution in [0.3, 0.4) is 0 Å². The van der Waals surface area contributed by atoms with Gasteiger partial charge in [0.05, 0.1) is 8.81 Å². The van der Waals surface area contributed by atoms with Crippen LogP contribution in [0.5, 0.6) is 5.75 Å². The molecule has 0 N–H and O–H groups in total. The van der Waals surface area contributed by atoms with E-state index in [1.54, 1.807) is 0 Å². The molecule has 0 aromatic heterocycles. The Bertz CT molecular complexity index is 193. The minimum Gasteiger partial charge on any atom is -0.477 e. The Morgan fingerprint density at radius 1 is 1.20 bits per heavy atom. The summed E-state index contributed by atoms with van der Waals surface area (Å²) < 4.78 is 5.29. The monoisotopic (exact) mass is 154 g/mol. The molecule has 0 radical (unpaired) electrons. The lowest BCUT2D eigenvalue weighted by atomic mass is 10.2. The highest BCUT2D eigenvalue weighted by Gasteiger charge is 1.88. The summed E-state index contributed by atoms with van der Waals surface area (Å²) in [6.07, 6.45) is 0. The van der Waals surface area contributed by atoms with Crippen molar-refractivity contribution < 1.29 is 4.52 Å². The summed E-state index contributed by atoms with van der Waals surface area (Å²) in [5.74, 6) is 0.964. The van der Waals surface area contributed by atoms with Crippen molar-refractivity contribution in [3.63, 3.8) is 0 Å². The number of hydrogen-bond acceptors (Lipinski definition) is 1. The summed E-state index contributed by atoms with van der Waals surface area (Å²) in [5.41, 5.74) is 1.27. The molecule has 0 heterocycles. The van der Waals surface area contributed by atoms with Crippen molar-refractivity contribution in [1.29, 1.82) is 0 Å². The summed E-state index contributed by atoms with van der Waals surface area (Å²) in [6.45, 7) is 4.08. The van der Waals surface area contributed by atoms with Crippen LogP contribution in [0, 0.1) is 6.92 Å². The predicted molar refractivity (Wildman–Crippen MR) is 46.0 cm³/mol. The van der Waals surface area contributed by atoms with E-state index in [1.807, 2.05) is 18.8 Å². The Labute approximate surface area is 63.3 Å². The largest absolute Gasteiger partial charge is 0.477 e. The van der Waals surface area contributed by atoms with Crippen LogP contribution in [0.4, 0.5) is 0 Å². The van der Waals surface area contributed by atoms with Crippen molar-refractivity contribution in [3.8, 4) is 5.75 Å². The molecule has 0 bridgehead atoms. The van der Waals surface area contributed by atoms with Gasteiger partial charge in [-0.1, -0.05) is 17.7 Å². The first kappa shape index (κ1) is 7.56. The van der Waals surface area contributed by atoms with Gasteiger partial charge in [-0.05, 0) is 25.7 Å². The van der Waals surface area contributed by atoms with E-state index < -0.39 is 0 Å². The fraction of sp³-hybridized carbons (Fsp3) is 0.250. The minimum atomic E-state index is 0.532. The van der Waals surface area contributed by atoms with Gasteiger partial charge in [-0.15, -0.1) is 0 Å². The highest BCUT2D eigenvalue weighted by molar-refractivity contribution is 7.31. The number of rotatable bonds is 2. The number of benzene rings is 1. The van der Waals surface area contributed by atoms with E-state index in [2.05, 4.69) is 19.1 Å². The average Bonchev–Trinajstić information content (AvgIpc) is 1.95. The summed E-state index contributed by atoms with van der Waals surface area (Å²) >= 11 is 0. The van der Waals surface area contributed by atoms with E-state index >= 15 is 0 Å². The zero-order chi connectivity index (χ0) is 7.40. The maximum Gasteiger partial charge on any atom is 0.122 e. The number of aryl methyl sites for hydroxylation is 1. The zero-order valence-electron chi connectivity index (χ0n) is 6.22. The normalized spacial score (nSPS) is 10.6. The van der Waals surface area contributed by atoms with E-state index in [0.717, 1.165) is 5.75 Å². The van der Waals surface area contributed by atoms with Crippen LogP contribution in [0.25, 0.3) is 0 Å². The maximum atomic E-state index is 5.29. The van der Waals surface area contributed by atoms with Crippen molar-refractivity contribution in [2.45, 2.75) is 6.92 Å². The molecule has 0 amide bonds. The van der Waals surface area contributed by atoms with Gasteiger partial charge in [0.15, 0.2) is 0 Å². The van der Waals surface area contributed by atoms with Crippen LogP contribution >= 0.6 is 8.81 Å². The topological polar surface area (TPSA) is 9.23 Å². The molecule has 0 spiro atoms. The molecule has 0 saturated heterocycles. The Morgan fingerprint density at radius 3 is 2.30 bits per heavy atom. The van der Waals surface area contributed by atoms with Gasteiger partial charge in [0.1, 0.15) is 5.75 Å². The summed E-state index contributed by atoms with van der Waals surface area (Å²) in [6, 6.07) is 8.09. The van der Waals surface area contributed by atoms with Crippen LogP contribution in [0.2, 0.25) is 0 Å².